The molecule has 0 radical (unpaired) electrons. The zero-order valence-corrected chi connectivity index (χ0v) is 43.6. The molecule has 382 valence electrons. The van der Waals surface area contributed by atoms with E-state index in [0.29, 0.717) is 13.0 Å². The molecule has 0 aromatic heterocycles. The lowest BCUT2D eigenvalue weighted by Crippen LogP contribution is -2.28. The number of hydrogen-bond acceptors (Lipinski definition) is 7. The Kier molecular flexibility index (Phi) is 51.7. The van der Waals surface area contributed by atoms with Gasteiger partial charge >= 0.3 is 13.8 Å². The van der Waals surface area contributed by atoms with Crippen LogP contribution >= 0.6 is 7.82 Å². The van der Waals surface area contributed by atoms with Crippen molar-refractivity contribution in [2.75, 3.05) is 33.0 Å². The van der Waals surface area contributed by atoms with E-state index in [9.17, 15) is 14.3 Å². The second kappa shape index (κ2) is 53.6. The average Bonchev–Trinajstić information content (AvgIpc) is 3.31. The summed E-state index contributed by atoms with van der Waals surface area (Å²) in [5.74, 6) is -0.337. The molecule has 2 atom stereocenters. The number of carbonyl (C=O) groups excluding carboxylic acids is 1. The van der Waals surface area contributed by atoms with E-state index in [1.165, 1.54) is 141 Å². The molecule has 0 aliphatic heterocycles. The van der Waals surface area contributed by atoms with Gasteiger partial charge in [0.1, 0.15) is 6.10 Å². The molecule has 2 unspecified atom stereocenters. The molecule has 8 nitrogen and oxygen atoms in total. The highest BCUT2D eigenvalue weighted by molar-refractivity contribution is 7.47. The maximum atomic E-state index is 12.7. The van der Waals surface area contributed by atoms with Crippen molar-refractivity contribution >= 4 is 13.8 Å². The molecular weight excluding hydrogens is 842 g/mol. The van der Waals surface area contributed by atoms with Gasteiger partial charge in [-0.05, 0) is 89.9 Å². The van der Waals surface area contributed by atoms with Crippen LogP contribution in [0.4, 0.5) is 0 Å². The minimum absolute atomic E-state index is 0.0953. The normalized spacial score (nSPS) is 13.9. The molecule has 66 heavy (non-hydrogen) atoms. The number of rotatable bonds is 51. The van der Waals surface area contributed by atoms with E-state index < -0.39 is 13.9 Å². The Hall–Kier alpha value is -2.32. The van der Waals surface area contributed by atoms with Gasteiger partial charge in [0.25, 0.3) is 0 Å². The molecule has 0 bridgehead atoms. The monoisotopic (exact) mass is 944 g/mol. The molecule has 0 fully saturated rings. The van der Waals surface area contributed by atoms with E-state index in [4.69, 9.17) is 24.3 Å². The van der Waals surface area contributed by atoms with Gasteiger partial charge in [0.2, 0.25) is 0 Å². The van der Waals surface area contributed by atoms with Crippen LogP contribution in [0, 0.1) is 0 Å². The highest BCUT2D eigenvalue weighted by Crippen LogP contribution is 2.43. The zero-order valence-electron chi connectivity index (χ0n) is 42.7. The Morgan fingerprint density at radius 2 is 0.848 bits per heavy atom. The lowest BCUT2D eigenvalue weighted by atomic mass is 10.1. The molecule has 0 aromatic carbocycles. The van der Waals surface area contributed by atoms with E-state index >= 15 is 0 Å². The molecule has 3 N–H and O–H groups in total. The lowest BCUT2D eigenvalue weighted by molar-refractivity contribution is -0.154. The molecule has 0 saturated heterocycles. The van der Waals surface area contributed by atoms with Gasteiger partial charge in [-0.25, -0.2) is 4.57 Å². The molecule has 9 heteroatoms. The quantitative estimate of drug-likeness (QED) is 0.0268. The summed E-state index contributed by atoms with van der Waals surface area (Å²) in [5, 5.41) is 0. The van der Waals surface area contributed by atoms with Gasteiger partial charge in [-0.2, -0.15) is 0 Å². The number of unbranched alkanes of at least 4 members (excludes halogenated alkanes) is 24. The van der Waals surface area contributed by atoms with E-state index in [0.717, 1.165) is 70.6 Å². The average molecular weight is 944 g/mol. The van der Waals surface area contributed by atoms with Crippen LogP contribution in [0.3, 0.4) is 0 Å². The van der Waals surface area contributed by atoms with Crippen LogP contribution in [-0.4, -0.2) is 49.9 Å². The molecular formula is C57H102NO7P. The van der Waals surface area contributed by atoms with E-state index in [1.54, 1.807) is 0 Å². The summed E-state index contributed by atoms with van der Waals surface area (Å²) in [6, 6.07) is 0. The molecule has 0 heterocycles. The van der Waals surface area contributed by atoms with Gasteiger partial charge in [-0.1, -0.05) is 221 Å². The standard InChI is InChI=1S/C57H102NO7P/c1-3-5-7-9-11-13-15-17-19-21-23-25-26-27-28-29-31-33-35-37-39-41-43-45-47-49-52-62-54-56(55-64-66(60,61)63-53-51-58)65-57(59)50-48-46-44-42-40-38-36-34-32-30-24-22-20-18-16-14-12-10-8-6-4-2/h5,7,11,13,16-19,22-25,27-28,56H,3-4,6,8-10,12,14-15,20-21,26,29-55,58H2,1-2H3,(H,60,61)/b7-5-,13-11-,18-16-,19-17-,24-22-,25-23-,28-27-. The van der Waals surface area contributed by atoms with Gasteiger partial charge in [0.05, 0.1) is 19.8 Å². The number of hydrogen-bond donors (Lipinski definition) is 2. The Morgan fingerprint density at radius 3 is 1.27 bits per heavy atom. The fourth-order valence-electron chi connectivity index (χ4n) is 7.35. The van der Waals surface area contributed by atoms with Crippen LogP contribution in [0.15, 0.2) is 85.1 Å². The number of esters is 1. The summed E-state index contributed by atoms with van der Waals surface area (Å²) in [4.78, 5) is 22.6. The predicted molar refractivity (Wildman–Crippen MR) is 284 cm³/mol. The van der Waals surface area contributed by atoms with Crippen LogP contribution in [0.25, 0.3) is 0 Å². The largest absolute Gasteiger partial charge is 0.472 e. The minimum atomic E-state index is -4.29. The van der Waals surface area contributed by atoms with E-state index in [2.05, 4.69) is 98.9 Å². The first-order valence-electron chi connectivity index (χ1n) is 27.1. The first-order chi connectivity index (χ1) is 32.4. The molecule has 0 amide bonds. The van der Waals surface area contributed by atoms with Gasteiger partial charge in [0.15, 0.2) is 0 Å². The van der Waals surface area contributed by atoms with Gasteiger partial charge in [-0.3, -0.25) is 13.8 Å². The summed E-state index contributed by atoms with van der Waals surface area (Å²) in [5.41, 5.74) is 5.40. The fraction of sp³-hybridized carbons (Fsp3) is 0.737. The van der Waals surface area contributed by atoms with Crippen molar-refractivity contribution in [3.8, 4) is 0 Å². The number of phosphoric acid groups is 1. The molecule has 0 saturated carbocycles. The summed E-state index contributed by atoms with van der Waals surface area (Å²) >= 11 is 0. The maximum absolute atomic E-state index is 12.7. The Balaban J connectivity index is 3.95. The van der Waals surface area contributed by atoms with Crippen LogP contribution < -0.4 is 5.73 Å². The fourth-order valence-corrected chi connectivity index (χ4v) is 8.11. The van der Waals surface area contributed by atoms with Crippen molar-refractivity contribution in [1.82, 2.24) is 0 Å². The molecule has 0 aromatic rings. The van der Waals surface area contributed by atoms with Crippen molar-refractivity contribution in [3.05, 3.63) is 85.1 Å². The summed E-state index contributed by atoms with van der Waals surface area (Å²) < 4.78 is 33.6. The number of allylic oxidation sites excluding steroid dienone is 14. The summed E-state index contributed by atoms with van der Waals surface area (Å²) in [6.45, 7) is 4.79. The van der Waals surface area contributed by atoms with Crippen molar-refractivity contribution in [3.63, 3.8) is 0 Å². The SMILES string of the molecule is CC/C=C\C/C=C\C/C=C\C/C=C\C/C=C\CCCCCCCCCCCCOCC(COP(=O)(O)OCCN)OC(=O)CCCCCCCCCCC/C=C\C/C=C\CCCCCCC. The first kappa shape index (κ1) is 63.7. The highest BCUT2D eigenvalue weighted by Gasteiger charge is 2.25. The lowest BCUT2D eigenvalue weighted by Gasteiger charge is -2.20. The van der Waals surface area contributed by atoms with E-state index in [-0.39, 0.29) is 32.3 Å². The van der Waals surface area contributed by atoms with Crippen molar-refractivity contribution < 1.29 is 32.8 Å². The van der Waals surface area contributed by atoms with Crippen molar-refractivity contribution in [2.24, 2.45) is 5.73 Å². The number of phosphoric ester groups is 1. The maximum Gasteiger partial charge on any atom is 0.472 e. The van der Waals surface area contributed by atoms with Gasteiger partial charge in [0, 0.05) is 19.6 Å². The predicted octanol–water partition coefficient (Wildman–Crippen LogP) is 17.2. The minimum Gasteiger partial charge on any atom is -0.457 e. The first-order valence-corrected chi connectivity index (χ1v) is 28.6. The molecule has 0 aliphatic carbocycles. The number of carbonyl (C=O) groups is 1. The summed E-state index contributed by atoms with van der Waals surface area (Å²) in [6.07, 6.45) is 70.5. The summed E-state index contributed by atoms with van der Waals surface area (Å²) in [7, 11) is -4.29. The second-order valence-corrected chi connectivity index (χ2v) is 19.2. The van der Waals surface area contributed by atoms with Crippen LogP contribution in [0.1, 0.15) is 232 Å². The molecule has 0 aliphatic rings. The Morgan fingerprint density at radius 1 is 0.470 bits per heavy atom. The second-order valence-electron chi connectivity index (χ2n) is 17.7. The van der Waals surface area contributed by atoms with Gasteiger partial charge in [-0.15, -0.1) is 0 Å². The third-order valence-electron chi connectivity index (χ3n) is 11.3. The molecule has 0 spiro atoms. The van der Waals surface area contributed by atoms with Crippen molar-refractivity contribution in [1.29, 1.82) is 0 Å². The smallest absolute Gasteiger partial charge is 0.457 e. The van der Waals surface area contributed by atoms with Crippen LogP contribution in [0.5, 0.6) is 0 Å². The zero-order chi connectivity index (χ0) is 48.0. The number of nitrogens with two attached hydrogens (primary N) is 1. The van der Waals surface area contributed by atoms with E-state index in [1.807, 2.05) is 0 Å². The third-order valence-corrected chi connectivity index (χ3v) is 12.3. The Labute approximate surface area is 407 Å². The highest BCUT2D eigenvalue weighted by atomic mass is 31.2. The molecule has 0 rings (SSSR count). The third kappa shape index (κ3) is 52.6. The topological polar surface area (TPSA) is 117 Å². The van der Waals surface area contributed by atoms with Crippen molar-refractivity contribution in [2.45, 2.75) is 238 Å². The Bertz CT molecular complexity index is 1290. The van der Waals surface area contributed by atoms with Crippen LogP contribution in [0.2, 0.25) is 0 Å². The van der Waals surface area contributed by atoms with Gasteiger partial charge < -0.3 is 20.1 Å². The van der Waals surface area contributed by atoms with Crippen LogP contribution in [-0.2, 0) is 27.9 Å². The number of ether oxygens (including phenoxy) is 2.